The molecule has 5 rings (SSSR count). The van der Waals surface area contributed by atoms with Gasteiger partial charge in [-0.15, -0.1) is 0 Å². The number of carbonyl (C=O) groups is 2. The van der Waals surface area contributed by atoms with Gasteiger partial charge in [-0.3, -0.25) is 9.48 Å². The third kappa shape index (κ3) is 7.44. The maximum Gasteiger partial charge on any atom is 0.343 e. The van der Waals surface area contributed by atoms with Crippen LogP contribution in [0.3, 0.4) is 0 Å². The molecule has 13 nitrogen and oxygen atoms in total. The van der Waals surface area contributed by atoms with Crippen molar-refractivity contribution in [2.24, 2.45) is 7.05 Å². The Labute approximate surface area is 268 Å². The minimum atomic E-state index is -0.567. The second kappa shape index (κ2) is 14.1. The van der Waals surface area contributed by atoms with Gasteiger partial charge in [0, 0.05) is 62.9 Å². The number of carbonyl (C=O) groups excluding carboxylic acids is 2. The normalized spacial score (nSPS) is 13.3. The average Bonchev–Trinajstić information content (AvgIpc) is 3.47. The predicted molar refractivity (Wildman–Crippen MR) is 179 cm³/mol. The smallest absolute Gasteiger partial charge is 0.343 e. The van der Waals surface area contributed by atoms with Crippen molar-refractivity contribution in [3.63, 3.8) is 0 Å². The number of likely N-dealkylation sites (N-methyl/N-ethyl adjacent to an activating group) is 1. The Morgan fingerprint density at radius 3 is 2.43 bits per heavy atom. The van der Waals surface area contributed by atoms with Crippen LogP contribution in [-0.2, 0) is 16.6 Å². The number of hydrogen-bond donors (Lipinski definition) is 3. The lowest BCUT2D eigenvalue weighted by Gasteiger charge is -2.35. The average molecular weight is 626 g/mol. The van der Waals surface area contributed by atoms with Gasteiger partial charge >= 0.3 is 5.97 Å². The Hall–Kier alpha value is -5.43. The van der Waals surface area contributed by atoms with Crippen molar-refractivity contribution in [2.75, 3.05) is 61.2 Å². The van der Waals surface area contributed by atoms with Gasteiger partial charge in [0.1, 0.15) is 11.3 Å². The van der Waals surface area contributed by atoms with Crippen LogP contribution in [0.5, 0.6) is 5.75 Å². The van der Waals surface area contributed by atoms with E-state index in [-0.39, 0.29) is 29.3 Å². The number of esters is 1. The fraction of sp³-hybridized carbons (Fsp3) is 0.303. The van der Waals surface area contributed by atoms with E-state index in [1.54, 1.807) is 31.7 Å². The molecular weight excluding hydrogens is 586 g/mol. The van der Waals surface area contributed by atoms with Gasteiger partial charge < -0.3 is 35.2 Å². The summed E-state index contributed by atoms with van der Waals surface area (Å²) in [4.78, 5) is 39.2. The summed E-state index contributed by atoms with van der Waals surface area (Å²) in [6.07, 6.45) is 4.16. The Kier molecular flexibility index (Phi) is 9.82. The van der Waals surface area contributed by atoms with Gasteiger partial charge in [0.15, 0.2) is 5.82 Å². The number of ether oxygens (including phenoxy) is 2. The molecule has 1 aliphatic heterocycles. The number of benzene rings is 2. The van der Waals surface area contributed by atoms with Crippen LogP contribution in [-0.4, -0.2) is 83.0 Å². The van der Waals surface area contributed by atoms with Crippen molar-refractivity contribution < 1.29 is 19.1 Å². The summed E-state index contributed by atoms with van der Waals surface area (Å²) in [7, 11) is 5.51. The quantitative estimate of drug-likeness (QED) is 0.156. The van der Waals surface area contributed by atoms with Gasteiger partial charge in [0.2, 0.25) is 11.9 Å². The third-order valence-corrected chi connectivity index (χ3v) is 7.37. The van der Waals surface area contributed by atoms with Gasteiger partial charge in [-0.2, -0.15) is 10.1 Å². The highest BCUT2D eigenvalue weighted by Crippen LogP contribution is 2.39. The molecule has 0 radical (unpaired) electrons. The molecule has 1 aliphatic rings. The second-order valence-electron chi connectivity index (χ2n) is 11.1. The summed E-state index contributed by atoms with van der Waals surface area (Å²) in [5.41, 5.74) is 4.34. The van der Waals surface area contributed by atoms with Crippen LogP contribution in [0.4, 0.5) is 34.5 Å². The predicted octanol–water partition coefficient (Wildman–Crippen LogP) is 4.81. The Morgan fingerprint density at radius 2 is 1.76 bits per heavy atom. The minimum Gasteiger partial charge on any atom is -0.494 e. The van der Waals surface area contributed by atoms with Crippen LogP contribution in [0.15, 0.2) is 67.5 Å². The number of rotatable bonds is 11. The third-order valence-electron chi connectivity index (χ3n) is 7.37. The SMILES string of the molecule is C=CC(=O)Nc1cc(Nc2ncc(C(=O)OC(C)C)c(Nc3ccccc3-c3ccn(C)n3)n2)c(OC)cc1N1CCN(C)CC1. The van der Waals surface area contributed by atoms with E-state index in [4.69, 9.17) is 14.5 Å². The highest BCUT2D eigenvalue weighted by atomic mass is 16.5. The van der Waals surface area contributed by atoms with E-state index in [2.05, 4.69) is 49.5 Å². The summed E-state index contributed by atoms with van der Waals surface area (Å²) < 4.78 is 13.0. The van der Waals surface area contributed by atoms with E-state index in [1.807, 2.05) is 49.6 Å². The zero-order valence-electron chi connectivity index (χ0n) is 26.7. The molecule has 1 saturated heterocycles. The number of nitrogens with zero attached hydrogens (tertiary/aromatic N) is 6. The highest BCUT2D eigenvalue weighted by molar-refractivity contribution is 6.02. The number of para-hydroxylation sites is 1. The lowest BCUT2D eigenvalue weighted by atomic mass is 10.1. The summed E-state index contributed by atoms with van der Waals surface area (Å²) >= 11 is 0. The van der Waals surface area contributed by atoms with Gasteiger partial charge in [-0.05, 0) is 45.2 Å². The maximum absolute atomic E-state index is 13.1. The molecule has 0 unspecified atom stereocenters. The molecule has 3 heterocycles. The fourth-order valence-corrected chi connectivity index (χ4v) is 5.02. The second-order valence-corrected chi connectivity index (χ2v) is 11.1. The lowest BCUT2D eigenvalue weighted by molar-refractivity contribution is -0.111. The van der Waals surface area contributed by atoms with E-state index in [1.165, 1.54) is 12.3 Å². The van der Waals surface area contributed by atoms with Gasteiger partial charge in [0.25, 0.3) is 0 Å². The molecule has 0 spiro atoms. The Morgan fingerprint density at radius 1 is 1.00 bits per heavy atom. The number of aromatic nitrogens is 4. The van der Waals surface area contributed by atoms with Crippen molar-refractivity contribution in [3.8, 4) is 17.0 Å². The lowest BCUT2D eigenvalue weighted by Crippen LogP contribution is -2.44. The maximum atomic E-state index is 13.1. The molecule has 1 fully saturated rings. The number of amides is 1. The molecule has 240 valence electrons. The van der Waals surface area contributed by atoms with Crippen LogP contribution in [0, 0.1) is 0 Å². The molecule has 4 aromatic rings. The van der Waals surface area contributed by atoms with Crippen molar-refractivity contribution in [2.45, 2.75) is 20.0 Å². The van der Waals surface area contributed by atoms with Crippen molar-refractivity contribution in [1.29, 1.82) is 0 Å². The first-order valence-corrected chi connectivity index (χ1v) is 14.9. The van der Waals surface area contributed by atoms with Gasteiger partial charge in [-0.1, -0.05) is 24.8 Å². The number of anilines is 6. The van der Waals surface area contributed by atoms with Crippen molar-refractivity contribution >= 4 is 46.4 Å². The van der Waals surface area contributed by atoms with Crippen LogP contribution >= 0.6 is 0 Å². The molecule has 1 amide bonds. The highest BCUT2D eigenvalue weighted by Gasteiger charge is 2.23. The van der Waals surface area contributed by atoms with Crippen LogP contribution in [0.2, 0.25) is 0 Å². The van der Waals surface area contributed by atoms with Crippen molar-refractivity contribution in [1.82, 2.24) is 24.6 Å². The molecule has 13 heteroatoms. The van der Waals surface area contributed by atoms with E-state index < -0.39 is 5.97 Å². The first-order chi connectivity index (χ1) is 22.1. The summed E-state index contributed by atoms with van der Waals surface area (Å²) in [6, 6.07) is 13.2. The first-order valence-electron chi connectivity index (χ1n) is 14.9. The van der Waals surface area contributed by atoms with Gasteiger partial charge in [0.05, 0.1) is 36.0 Å². The number of aryl methyl sites for hydroxylation is 1. The summed E-state index contributed by atoms with van der Waals surface area (Å²) in [5, 5.41) is 14.0. The van der Waals surface area contributed by atoms with Crippen LogP contribution < -0.4 is 25.6 Å². The molecule has 0 atom stereocenters. The first kappa shape index (κ1) is 32.0. The van der Waals surface area contributed by atoms with Crippen LogP contribution in [0.1, 0.15) is 24.2 Å². The Bertz CT molecular complexity index is 1730. The van der Waals surface area contributed by atoms with E-state index >= 15 is 0 Å². The molecule has 2 aromatic carbocycles. The van der Waals surface area contributed by atoms with Gasteiger partial charge in [-0.25, -0.2) is 9.78 Å². The number of piperazine rings is 1. The summed E-state index contributed by atoms with van der Waals surface area (Å²) in [5.74, 6) is 0.0365. The molecule has 0 aliphatic carbocycles. The Balaban J connectivity index is 1.53. The molecule has 0 saturated carbocycles. The largest absolute Gasteiger partial charge is 0.494 e. The molecule has 0 bridgehead atoms. The topological polar surface area (TPSA) is 139 Å². The molecule has 3 N–H and O–H groups in total. The number of hydrogen-bond acceptors (Lipinski definition) is 11. The van der Waals surface area contributed by atoms with E-state index in [9.17, 15) is 9.59 Å². The monoisotopic (exact) mass is 625 g/mol. The zero-order chi connectivity index (χ0) is 32.8. The van der Waals surface area contributed by atoms with Crippen molar-refractivity contribution in [3.05, 3.63) is 73.1 Å². The molecule has 46 heavy (non-hydrogen) atoms. The zero-order valence-corrected chi connectivity index (χ0v) is 26.7. The standard InChI is InChI=1S/C33H39N9O4/c1-7-30(43)35-26-18-27(29(45-6)19-28(26)42-16-14-40(4)15-17-42)37-33-34-20-23(32(44)46-21(2)3)31(38-33)36-24-11-9-8-10-22(24)25-12-13-41(5)39-25/h7-13,18-21H,1,14-17H2,2-6H3,(H,35,43)(H2,34,36,37,38). The minimum absolute atomic E-state index is 0.159. The van der Waals surface area contributed by atoms with E-state index in [0.29, 0.717) is 22.8 Å². The number of nitrogens with one attached hydrogen (secondary N) is 3. The fourth-order valence-electron chi connectivity index (χ4n) is 5.02. The summed E-state index contributed by atoms with van der Waals surface area (Å²) in [6.45, 7) is 10.5. The van der Waals surface area contributed by atoms with Crippen LogP contribution in [0.25, 0.3) is 11.3 Å². The molecule has 2 aromatic heterocycles. The number of methoxy groups -OCH3 is 1. The van der Waals surface area contributed by atoms with E-state index in [0.717, 1.165) is 43.1 Å². The molecular formula is C33H39N9O4.